The van der Waals surface area contributed by atoms with E-state index in [2.05, 4.69) is 70.6 Å². The third kappa shape index (κ3) is 4.31. The largest absolute Gasteiger partial charge is 0.370 e. The molecule has 2 saturated heterocycles. The lowest BCUT2D eigenvalue weighted by Gasteiger charge is -2.36. The van der Waals surface area contributed by atoms with Crippen LogP contribution in [0.2, 0.25) is 0 Å². The van der Waals surface area contributed by atoms with E-state index in [0.717, 1.165) is 80.3 Å². The van der Waals surface area contributed by atoms with Crippen molar-refractivity contribution in [3.8, 4) is 11.3 Å². The molecule has 32 heavy (non-hydrogen) atoms. The average Bonchev–Trinajstić information content (AvgIpc) is 2.85. The zero-order valence-corrected chi connectivity index (χ0v) is 18.6. The highest BCUT2D eigenvalue weighted by Crippen LogP contribution is 2.31. The van der Waals surface area contributed by atoms with E-state index in [0.29, 0.717) is 6.54 Å². The van der Waals surface area contributed by atoms with E-state index in [9.17, 15) is 4.79 Å². The summed E-state index contributed by atoms with van der Waals surface area (Å²) < 4.78 is 5.40. The smallest absolute Gasteiger partial charge is 0.277 e. The Hall–Kier alpha value is -3.03. The topological polar surface area (TPSA) is 63.0 Å². The van der Waals surface area contributed by atoms with Gasteiger partial charge < -0.3 is 19.4 Å². The van der Waals surface area contributed by atoms with Crippen LogP contribution in [0, 0.1) is 6.92 Å². The van der Waals surface area contributed by atoms with Crippen LogP contribution in [0.5, 0.6) is 0 Å². The van der Waals surface area contributed by atoms with Crippen LogP contribution >= 0.6 is 0 Å². The molecule has 7 nitrogen and oxygen atoms in total. The second kappa shape index (κ2) is 9.22. The van der Waals surface area contributed by atoms with Gasteiger partial charge in [-0.3, -0.25) is 4.79 Å². The number of carbonyl (C=O) groups is 1. The fourth-order valence-corrected chi connectivity index (χ4v) is 4.58. The molecule has 1 N–H and O–H groups in total. The Morgan fingerprint density at radius 2 is 1.62 bits per heavy atom. The van der Waals surface area contributed by atoms with Crippen molar-refractivity contribution in [2.24, 2.45) is 0 Å². The first-order valence-corrected chi connectivity index (χ1v) is 11.5. The van der Waals surface area contributed by atoms with E-state index in [1.165, 1.54) is 10.5 Å². The Labute approximate surface area is 188 Å². The van der Waals surface area contributed by atoms with E-state index in [1.807, 2.05) is 4.90 Å². The molecule has 3 heterocycles. The minimum Gasteiger partial charge on any atom is -0.370 e. The SMILES string of the molecule is Cc1ccc(-c2nnc(N3CCN(C(=O)C[NH+]4CCOCC4)CC3)c3ccccc23)cc1. The Morgan fingerprint density at radius 3 is 2.34 bits per heavy atom. The number of nitrogens with one attached hydrogen (secondary N) is 1. The lowest BCUT2D eigenvalue weighted by molar-refractivity contribution is -0.900. The summed E-state index contributed by atoms with van der Waals surface area (Å²) in [7, 11) is 0. The molecule has 0 atom stereocenters. The van der Waals surface area contributed by atoms with E-state index in [-0.39, 0.29) is 5.91 Å². The number of quaternary nitrogens is 1. The van der Waals surface area contributed by atoms with E-state index in [1.54, 1.807) is 0 Å². The molecular formula is C25H30N5O2+. The number of hydrogen-bond acceptors (Lipinski definition) is 5. The normalized spacial score (nSPS) is 17.7. The summed E-state index contributed by atoms with van der Waals surface area (Å²) in [6.07, 6.45) is 0. The van der Waals surface area contributed by atoms with Gasteiger partial charge in [0.1, 0.15) is 18.8 Å². The molecule has 0 bridgehead atoms. The number of rotatable bonds is 4. The van der Waals surface area contributed by atoms with Gasteiger partial charge in [-0.25, -0.2) is 0 Å². The summed E-state index contributed by atoms with van der Waals surface area (Å²) in [6.45, 7) is 8.97. The number of amides is 1. The number of piperazine rings is 1. The minimum atomic E-state index is 0.243. The van der Waals surface area contributed by atoms with Crippen molar-refractivity contribution in [3.05, 3.63) is 54.1 Å². The molecule has 2 aliphatic heterocycles. The maximum absolute atomic E-state index is 12.8. The number of morpholine rings is 1. The monoisotopic (exact) mass is 432 g/mol. The van der Waals surface area contributed by atoms with E-state index < -0.39 is 0 Å². The lowest BCUT2D eigenvalue weighted by Crippen LogP contribution is -3.15. The van der Waals surface area contributed by atoms with Crippen LogP contribution < -0.4 is 9.80 Å². The molecule has 2 aliphatic rings. The van der Waals surface area contributed by atoms with Crippen LogP contribution in [0.4, 0.5) is 5.82 Å². The number of fused-ring (bicyclic) bond motifs is 1. The van der Waals surface area contributed by atoms with Gasteiger partial charge >= 0.3 is 0 Å². The summed E-state index contributed by atoms with van der Waals surface area (Å²) in [5.74, 6) is 1.15. The summed E-state index contributed by atoms with van der Waals surface area (Å²) in [5, 5.41) is 11.5. The third-order valence-corrected chi connectivity index (χ3v) is 6.53. The van der Waals surface area contributed by atoms with Gasteiger partial charge in [0, 0.05) is 42.5 Å². The second-order valence-electron chi connectivity index (χ2n) is 8.69. The summed E-state index contributed by atoms with van der Waals surface area (Å²) in [4.78, 5) is 18.4. The highest BCUT2D eigenvalue weighted by Gasteiger charge is 2.27. The molecule has 2 aromatic carbocycles. The Kier molecular flexibility index (Phi) is 6.01. The van der Waals surface area contributed by atoms with Crippen molar-refractivity contribution in [2.75, 3.05) is 63.9 Å². The van der Waals surface area contributed by atoms with Crippen LogP contribution in [0.3, 0.4) is 0 Å². The average molecular weight is 433 g/mol. The number of aromatic nitrogens is 2. The Bertz CT molecular complexity index is 1090. The van der Waals surface area contributed by atoms with Crippen LogP contribution in [0.25, 0.3) is 22.0 Å². The van der Waals surface area contributed by atoms with Crippen LogP contribution in [0.1, 0.15) is 5.56 Å². The Balaban J connectivity index is 1.32. The number of benzene rings is 2. The van der Waals surface area contributed by atoms with Gasteiger partial charge in [0.15, 0.2) is 12.4 Å². The maximum Gasteiger partial charge on any atom is 0.277 e. The van der Waals surface area contributed by atoms with Crippen molar-refractivity contribution in [1.82, 2.24) is 15.1 Å². The zero-order chi connectivity index (χ0) is 21.9. The van der Waals surface area contributed by atoms with Crippen molar-refractivity contribution >= 4 is 22.5 Å². The number of nitrogens with zero attached hydrogens (tertiary/aromatic N) is 4. The van der Waals surface area contributed by atoms with Crippen molar-refractivity contribution < 1.29 is 14.4 Å². The standard InChI is InChI=1S/C25H29N5O2/c1-19-6-8-20(9-7-19)24-21-4-2-3-5-22(21)25(27-26-24)30-12-10-29(11-13-30)23(31)18-28-14-16-32-17-15-28/h2-9H,10-18H2,1H3/p+1. The maximum atomic E-state index is 12.8. The molecule has 2 fully saturated rings. The van der Waals surface area contributed by atoms with Gasteiger partial charge in [0.2, 0.25) is 0 Å². The van der Waals surface area contributed by atoms with Gasteiger partial charge in [-0.2, -0.15) is 0 Å². The molecule has 0 spiro atoms. The van der Waals surface area contributed by atoms with Gasteiger partial charge in [-0.1, -0.05) is 54.1 Å². The van der Waals surface area contributed by atoms with Crippen LogP contribution in [-0.4, -0.2) is 80.0 Å². The predicted molar refractivity (Wildman–Crippen MR) is 125 cm³/mol. The molecule has 5 rings (SSSR count). The zero-order valence-electron chi connectivity index (χ0n) is 18.6. The highest BCUT2D eigenvalue weighted by atomic mass is 16.5. The highest BCUT2D eigenvalue weighted by molar-refractivity contribution is 6.00. The molecule has 7 heteroatoms. The first-order chi connectivity index (χ1) is 15.7. The summed E-state index contributed by atoms with van der Waals surface area (Å²) >= 11 is 0. The predicted octanol–water partition coefficient (Wildman–Crippen LogP) is 1.17. The molecule has 1 aromatic heterocycles. The molecule has 0 unspecified atom stereocenters. The van der Waals surface area contributed by atoms with Crippen LogP contribution in [-0.2, 0) is 9.53 Å². The molecule has 0 aliphatic carbocycles. The second-order valence-corrected chi connectivity index (χ2v) is 8.69. The lowest BCUT2D eigenvalue weighted by atomic mass is 10.0. The fourth-order valence-electron chi connectivity index (χ4n) is 4.58. The van der Waals surface area contributed by atoms with Gasteiger partial charge in [0.25, 0.3) is 5.91 Å². The summed E-state index contributed by atoms with van der Waals surface area (Å²) in [6, 6.07) is 16.8. The quantitative estimate of drug-likeness (QED) is 0.671. The van der Waals surface area contributed by atoms with E-state index >= 15 is 0 Å². The van der Waals surface area contributed by atoms with Gasteiger partial charge in [-0.05, 0) is 6.92 Å². The fraction of sp³-hybridized carbons (Fsp3) is 0.400. The van der Waals surface area contributed by atoms with Gasteiger partial charge in [-0.15, -0.1) is 10.2 Å². The number of anilines is 1. The van der Waals surface area contributed by atoms with Crippen molar-refractivity contribution in [1.29, 1.82) is 0 Å². The number of aryl methyl sites for hydroxylation is 1. The first kappa shape index (κ1) is 20.8. The molecule has 1 amide bonds. The van der Waals surface area contributed by atoms with Crippen molar-refractivity contribution in [2.45, 2.75) is 6.92 Å². The van der Waals surface area contributed by atoms with Crippen molar-refractivity contribution in [3.63, 3.8) is 0 Å². The summed E-state index contributed by atoms with van der Waals surface area (Å²) in [5.41, 5.74) is 3.21. The number of ether oxygens (including phenoxy) is 1. The van der Waals surface area contributed by atoms with Gasteiger partial charge in [0.05, 0.1) is 13.2 Å². The Morgan fingerprint density at radius 1 is 0.938 bits per heavy atom. The molecule has 3 aromatic rings. The molecule has 0 radical (unpaired) electrons. The number of hydrogen-bond donors (Lipinski definition) is 1. The van der Waals surface area contributed by atoms with Crippen LogP contribution in [0.15, 0.2) is 48.5 Å². The third-order valence-electron chi connectivity index (χ3n) is 6.53. The minimum absolute atomic E-state index is 0.243. The van der Waals surface area contributed by atoms with E-state index in [4.69, 9.17) is 4.74 Å². The molecule has 166 valence electrons. The first-order valence-electron chi connectivity index (χ1n) is 11.5. The molecule has 0 saturated carbocycles. The molecular weight excluding hydrogens is 402 g/mol. The number of carbonyl (C=O) groups excluding carboxylic acids is 1.